The van der Waals surface area contributed by atoms with E-state index in [1.165, 1.54) is 10.9 Å². The molecule has 7 heteroatoms. The van der Waals surface area contributed by atoms with Crippen molar-refractivity contribution in [2.24, 2.45) is 5.10 Å². The SMILES string of the molecule is O=C(Cn1nnc2ccccc21)NN=Cc1cccc(O)c1. The van der Waals surface area contributed by atoms with Crippen LogP contribution in [0.3, 0.4) is 0 Å². The summed E-state index contributed by atoms with van der Waals surface area (Å²) in [6, 6.07) is 14.0. The number of nitrogens with one attached hydrogen (secondary N) is 1. The van der Waals surface area contributed by atoms with Gasteiger partial charge in [0, 0.05) is 0 Å². The van der Waals surface area contributed by atoms with Crippen molar-refractivity contribution < 1.29 is 9.90 Å². The second kappa shape index (κ2) is 6.04. The van der Waals surface area contributed by atoms with Crippen LogP contribution in [-0.4, -0.2) is 32.2 Å². The number of nitrogens with zero attached hydrogens (tertiary/aromatic N) is 4. The third-order valence-electron chi connectivity index (χ3n) is 2.99. The van der Waals surface area contributed by atoms with E-state index in [-0.39, 0.29) is 18.2 Å². The van der Waals surface area contributed by atoms with E-state index in [1.54, 1.807) is 24.3 Å². The van der Waals surface area contributed by atoms with Gasteiger partial charge in [0.1, 0.15) is 17.8 Å². The van der Waals surface area contributed by atoms with Crippen LogP contribution in [0.2, 0.25) is 0 Å². The average molecular weight is 295 g/mol. The lowest BCUT2D eigenvalue weighted by molar-refractivity contribution is -0.121. The number of aromatic hydroxyl groups is 1. The number of carbonyl (C=O) groups is 1. The molecule has 1 heterocycles. The molecule has 1 aromatic heterocycles. The molecule has 1 amide bonds. The molecule has 22 heavy (non-hydrogen) atoms. The minimum Gasteiger partial charge on any atom is -0.508 e. The van der Waals surface area contributed by atoms with Gasteiger partial charge in [-0.1, -0.05) is 29.5 Å². The molecular weight excluding hydrogens is 282 g/mol. The minimum atomic E-state index is -0.313. The second-order valence-electron chi connectivity index (χ2n) is 4.62. The maximum absolute atomic E-state index is 11.8. The Hall–Kier alpha value is -3.22. The molecule has 0 aliphatic heterocycles. The fraction of sp³-hybridized carbons (Fsp3) is 0.0667. The van der Waals surface area contributed by atoms with Gasteiger partial charge in [0.15, 0.2) is 0 Å². The number of hydrogen-bond donors (Lipinski definition) is 2. The number of amides is 1. The van der Waals surface area contributed by atoms with Gasteiger partial charge >= 0.3 is 0 Å². The van der Waals surface area contributed by atoms with Crippen LogP contribution >= 0.6 is 0 Å². The van der Waals surface area contributed by atoms with E-state index in [4.69, 9.17) is 0 Å². The lowest BCUT2D eigenvalue weighted by Gasteiger charge is -2.01. The van der Waals surface area contributed by atoms with Crippen LogP contribution in [0.15, 0.2) is 53.6 Å². The fourth-order valence-corrected chi connectivity index (χ4v) is 1.99. The van der Waals surface area contributed by atoms with Crippen LogP contribution in [0, 0.1) is 0 Å². The quantitative estimate of drug-likeness (QED) is 0.560. The molecule has 0 aliphatic rings. The summed E-state index contributed by atoms with van der Waals surface area (Å²) in [5, 5.41) is 21.1. The molecule has 7 nitrogen and oxygen atoms in total. The van der Waals surface area contributed by atoms with Crippen molar-refractivity contribution in [1.82, 2.24) is 20.4 Å². The summed E-state index contributed by atoms with van der Waals surface area (Å²) in [7, 11) is 0. The number of carbonyl (C=O) groups excluding carboxylic acids is 1. The first-order chi connectivity index (χ1) is 10.7. The van der Waals surface area contributed by atoms with Crippen molar-refractivity contribution in [1.29, 1.82) is 0 Å². The molecule has 0 atom stereocenters. The summed E-state index contributed by atoms with van der Waals surface area (Å²) in [6.07, 6.45) is 1.46. The van der Waals surface area contributed by atoms with Gasteiger partial charge in [-0.3, -0.25) is 4.79 Å². The molecule has 0 saturated carbocycles. The van der Waals surface area contributed by atoms with E-state index in [2.05, 4.69) is 20.8 Å². The maximum atomic E-state index is 11.8. The molecule has 0 radical (unpaired) electrons. The highest BCUT2D eigenvalue weighted by Gasteiger charge is 2.07. The highest BCUT2D eigenvalue weighted by Crippen LogP contribution is 2.09. The molecule has 0 aliphatic carbocycles. The first kappa shape index (κ1) is 13.7. The van der Waals surface area contributed by atoms with Crippen LogP contribution in [0.1, 0.15) is 5.56 Å². The largest absolute Gasteiger partial charge is 0.508 e. The molecule has 0 fully saturated rings. The molecule has 3 aromatic rings. The number of aromatic nitrogens is 3. The van der Waals surface area contributed by atoms with Gasteiger partial charge < -0.3 is 5.11 Å². The Kier molecular flexibility index (Phi) is 3.78. The zero-order chi connectivity index (χ0) is 15.4. The van der Waals surface area contributed by atoms with E-state index in [9.17, 15) is 9.90 Å². The molecule has 2 aromatic carbocycles. The molecule has 0 unspecified atom stereocenters. The molecule has 2 N–H and O–H groups in total. The van der Waals surface area contributed by atoms with Crippen molar-refractivity contribution >= 4 is 23.2 Å². The number of phenolic OH excluding ortho intramolecular Hbond substituents is 1. The third-order valence-corrected chi connectivity index (χ3v) is 2.99. The molecular formula is C15H13N5O2. The lowest BCUT2D eigenvalue weighted by atomic mass is 10.2. The zero-order valence-corrected chi connectivity index (χ0v) is 11.5. The average Bonchev–Trinajstić information content (AvgIpc) is 2.91. The third kappa shape index (κ3) is 3.09. The molecule has 0 saturated heterocycles. The number of hydrazone groups is 1. The van der Waals surface area contributed by atoms with Crippen molar-refractivity contribution in [3.63, 3.8) is 0 Å². The monoisotopic (exact) mass is 295 g/mol. The number of hydrogen-bond acceptors (Lipinski definition) is 5. The van der Waals surface area contributed by atoms with Crippen LogP contribution in [-0.2, 0) is 11.3 Å². The van der Waals surface area contributed by atoms with E-state index in [0.717, 1.165) is 11.0 Å². The number of rotatable bonds is 4. The molecule has 110 valence electrons. The maximum Gasteiger partial charge on any atom is 0.261 e. The first-order valence-corrected chi connectivity index (χ1v) is 6.61. The number of benzene rings is 2. The normalized spacial score (nSPS) is 11.1. The molecule has 0 bridgehead atoms. The van der Waals surface area contributed by atoms with Gasteiger partial charge in [-0.2, -0.15) is 5.10 Å². The van der Waals surface area contributed by atoms with Gasteiger partial charge in [-0.05, 0) is 29.8 Å². The van der Waals surface area contributed by atoms with E-state index in [0.29, 0.717) is 5.56 Å². The standard InChI is InChI=1S/C15H13N5O2/c21-12-5-3-4-11(8-12)9-16-18-15(22)10-20-14-7-2-1-6-13(14)17-19-20/h1-9,21H,10H2,(H,18,22). The van der Waals surface area contributed by atoms with E-state index < -0.39 is 0 Å². The Balaban J connectivity index is 1.63. The van der Waals surface area contributed by atoms with Crippen LogP contribution in [0.25, 0.3) is 11.0 Å². The van der Waals surface area contributed by atoms with Gasteiger partial charge in [-0.15, -0.1) is 5.10 Å². The van der Waals surface area contributed by atoms with Gasteiger partial charge in [0.2, 0.25) is 0 Å². The summed E-state index contributed by atoms with van der Waals surface area (Å²) >= 11 is 0. The number of phenols is 1. The highest BCUT2D eigenvalue weighted by molar-refractivity contribution is 5.83. The Morgan fingerprint density at radius 3 is 3.00 bits per heavy atom. The summed E-state index contributed by atoms with van der Waals surface area (Å²) in [5.74, 6) is -0.170. The Morgan fingerprint density at radius 2 is 2.14 bits per heavy atom. The summed E-state index contributed by atoms with van der Waals surface area (Å²) in [4.78, 5) is 11.8. The van der Waals surface area contributed by atoms with Crippen LogP contribution < -0.4 is 5.43 Å². The second-order valence-corrected chi connectivity index (χ2v) is 4.62. The zero-order valence-electron chi connectivity index (χ0n) is 11.5. The predicted molar refractivity (Wildman–Crippen MR) is 81.4 cm³/mol. The Labute approximate surface area is 125 Å². The van der Waals surface area contributed by atoms with E-state index in [1.807, 2.05) is 24.3 Å². The predicted octanol–water partition coefficient (Wildman–Crippen LogP) is 1.29. The highest BCUT2D eigenvalue weighted by atomic mass is 16.3. The molecule has 0 spiro atoms. The van der Waals surface area contributed by atoms with Crippen molar-refractivity contribution in [3.8, 4) is 5.75 Å². The first-order valence-electron chi connectivity index (χ1n) is 6.61. The Morgan fingerprint density at radius 1 is 1.27 bits per heavy atom. The lowest BCUT2D eigenvalue weighted by Crippen LogP contribution is -2.23. The number of fused-ring (bicyclic) bond motifs is 1. The van der Waals surface area contributed by atoms with Crippen molar-refractivity contribution in [3.05, 3.63) is 54.1 Å². The van der Waals surface area contributed by atoms with Gasteiger partial charge in [0.25, 0.3) is 5.91 Å². The van der Waals surface area contributed by atoms with Crippen molar-refractivity contribution in [2.45, 2.75) is 6.54 Å². The minimum absolute atomic E-state index is 0.0257. The topological polar surface area (TPSA) is 92.4 Å². The Bertz CT molecular complexity index is 841. The van der Waals surface area contributed by atoms with Crippen LogP contribution in [0.4, 0.5) is 0 Å². The smallest absolute Gasteiger partial charge is 0.261 e. The summed E-state index contributed by atoms with van der Waals surface area (Å²) in [5.41, 5.74) is 4.62. The van der Waals surface area contributed by atoms with Gasteiger partial charge in [0.05, 0.1) is 11.7 Å². The fourth-order valence-electron chi connectivity index (χ4n) is 1.99. The van der Waals surface area contributed by atoms with E-state index >= 15 is 0 Å². The summed E-state index contributed by atoms with van der Waals surface area (Å²) < 4.78 is 1.51. The summed E-state index contributed by atoms with van der Waals surface area (Å²) in [6.45, 7) is 0.0257. The number of para-hydroxylation sites is 1. The molecule has 3 rings (SSSR count). The van der Waals surface area contributed by atoms with Gasteiger partial charge in [-0.25, -0.2) is 10.1 Å². The van der Waals surface area contributed by atoms with Crippen LogP contribution in [0.5, 0.6) is 5.75 Å². The van der Waals surface area contributed by atoms with Crippen molar-refractivity contribution in [2.75, 3.05) is 0 Å².